The van der Waals surface area contributed by atoms with E-state index < -0.39 is 20.7 Å². The first kappa shape index (κ1) is 10.7. The number of benzene rings is 1. The molecule has 0 aliphatic heterocycles. The zero-order chi connectivity index (χ0) is 11.8. The highest BCUT2D eigenvalue weighted by Gasteiger charge is 2.14. The molecule has 6 nitrogen and oxygen atoms in total. The number of primary sulfonamides is 1. The topological polar surface area (TPSA) is 90.9 Å². The molecule has 16 heavy (non-hydrogen) atoms. The van der Waals surface area contributed by atoms with Crippen molar-refractivity contribution >= 4 is 10.0 Å². The second-order valence-corrected chi connectivity index (χ2v) is 4.53. The molecule has 0 atom stereocenters. The summed E-state index contributed by atoms with van der Waals surface area (Å²) in [7, 11) is -4.04. The van der Waals surface area contributed by atoms with Crippen LogP contribution in [0.25, 0.3) is 5.69 Å². The molecule has 2 rings (SSSR count). The van der Waals surface area contributed by atoms with Crippen LogP contribution in [-0.4, -0.2) is 23.2 Å². The fourth-order valence-electron chi connectivity index (χ4n) is 1.20. The molecule has 84 valence electrons. The average molecular weight is 242 g/mol. The number of aromatic nitrogens is 3. The highest BCUT2D eigenvalue weighted by Crippen LogP contribution is 2.16. The molecule has 2 N–H and O–H groups in total. The molecule has 2 aromatic rings. The summed E-state index contributed by atoms with van der Waals surface area (Å²) in [5.74, 6) is -0.921. The zero-order valence-electron chi connectivity index (χ0n) is 7.91. The summed E-state index contributed by atoms with van der Waals surface area (Å²) in [6, 6.07) is 3.49. The van der Waals surface area contributed by atoms with Crippen molar-refractivity contribution in [3.8, 4) is 5.69 Å². The van der Waals surface area contributed by atoms with E-state index in [0.29, 0.717) is 5.69 Å². The van der Waals surface area contributed by atoms with E-state index in [0.717, 1.165) is 12.1 Å². The van der Waals surface area contributed by atoms with Crippen molar-refractivity contribution in [2.24, 2.45) is 5.14 Å². The van der Waals surface area contributed by atoms with Gasteiger partial charge in [0.15, 0.2) is 0 Å². The van der Waals surface area contributed by atoms with Crippen LogP contribution in [0.3, 0.4) is 0 Å². The van der Waals surface area contributed by atoms with Crippen molar-refractivity contribution in [2.75, 3.05) is 0 Å². The van der Waals surface area contributed by atoms with E-state index in [1.807, 2.05) is 0 Å². The maximum Gasteiger partial charge on any atom is 0.240 e. The third-order valence-corrected chi connectivity index (χ3v) is 2.85. The number of rotatable bonds is 2. The molecule has 0 radical (unpaired) electrons. The van der Waals surface area contributed by atoms with Gasteiger partial charge in [-0.1, -0.05) is 0 Å². The third kappa shape index (κ3) is 1.92. The van der Waals surface area contributed by atoms with Crippen LogP contribution < -0.4 is 5.14 Å². The van der Waals surface area contributed by atoms with Gasteiger partial charge in [0.25, 0.3) is 0 Å². The number of nitrogens with zero attached hydrogens (tertiary/aromatic N) is 3. The summed E-state index contributed by atoms with van der Waals surface area (Å²) in [5.41, 5.74) is 0.363. The fourth-order valence-corrected chi connectivity index (χ4v) is 1.79. The monoisotopic (exact) mass is 242 g/mol. The first-order valence-corrected chi connectivity index (χ1v) is 5.70. The van der Waals surface area contributed by atoms with Gasteiger partial charge in [0.2, 0.25) is 10.0 Å². The summed E-state index contributed by atoms with van der Waals surface area (Å²) < 4.78 is 36.6. The van der Waals surface area contributed by atoms with E-state index >= 15 is 0 Å². The largest absolute Gasteiger partial charge is 0.240 e. The molecule has 0 unspecified atom stereocenters. The van der Waals surface area contributed by atoms with E-state index in [1.54, 1.807) is 0 Å². The van der Waals surface area contributed by atoms with E-state index in [2.05, 4.69) is 10.1 Å². The Labute approximate surface area is 90.6 Å². The third-order valence-electron chi connectivity index (χ3n) is 1.91. The molecule has 0 amide bonds. The van der Waals surface area contributed by atoms with Crippen molar-refractivity contribution in [3.63, 3.8) is 0 Å². The quantitative estimate of drug-likeness (QED) is 0.805. The van der Waals surface area contributed by atoms with Crippen molar-refractivity contribution in [2.45, 2.75) is 4.90 Å². The smallest absolute Gasteiger partial charge is 0.225 e. The van der Waals surface area contributed by atoms with E-state index in [-0.39, 0.29) is 0 Å². The van der Waals surface area contributed by atoms with Crippen LogP contribution in [-0.2, 0) is 10.0 Å². The lowest BCUT2D eigenvalue weighted by Gasteiger charge is -2.03. The highest BCUT2D eigenvalue weighted by atomic mass is 32.2. The minimum Gasteiger partial charge on any atom is -0.225 e. The maximum atomic E-state index is 13.4. The van der Waals surface area contributed by atoms with Crippen LogP contribution in [0.1, 0.15) is 0 Å². The number of nitrogens with two attached hydrogens (primary N) is 1. The molecular formula is C8H7FN4O2S. The number of sulfonamides is 1. The van der Waals surface area contributed by atoms with Gasteiger partial charge in [0.1, 0.15) is 23.4 Å². The van der Waals surface area contributed by atoms with Crippen LogP contribution >= 0.6 is 0 Å². The summed E-state index contributed by atoms with van der Waals surface area (Å²) in [6.45, 7) is 0. The Hall–Kier alpha value is -1.80. The lowest BCUT2D eigenvalue weighted by Crippen LogP contribution is -2.14. The van der Waals surface area contributed by atoms with Gasteiger partial charge in [-0.15, -0.1) is 0 Å². The SMILES string of the molecule is NS(=O)(=O)c1ccc(-n2cncn2)cc1F. The van der Waals surface area contributed by atoms with Gasteiger partial charge in [-0.3, -0.25) is 0 Å². The van der Waals surface area contributed by atoms with E-state index in [1.165, 1.54) is 23.4 Å². The van der Waals surface area contributed by atoms with Gasteiger partial charge in [-0.05, 0) is 12.1 Å². The first-order chi connectivity index (χ1) is 7.48. The van der Waals surface area contributed by atoms with Gasteiger partial charge in [-0.2, -0.15) is 5.10 Å². The second kappa shape index (κ2) is 3.65. The van der Waals surface area contributed by atoms with Gasteiger partial charge in [0.05, 0.1) is 5.69 Å². The Balaban J connectivity index is 2.53. The van der Waals surface area contributed by atoms with Crippen LogP contribution in [0.15, 0.2) is 35.7 Å². The summed E-state index contributed by atoms with van der Waals surface area (Å²) in [5, 5.41) is 8.60. The molecule has 0 bridgehead atoms. The Morgan fingerprint density at radius 2 is 2.12 bits per heavy atom. The number of hydrogen-bond acceptors (Lipinski definition) is 4. The molecule has 0 saturated heterocycles. The number of hydrogen-bond donors (Lipinski definition) is 1. The average Bonchev–Trinajstić information content (AvgIpc) is 2.68. The minimum atomic E-state index is -4.04. The molecule has 0 fully saturated rings. The molecule has 1 aromatic carbocycles. The van der Waals surface area contributed by atoms with Gasteiger partial charge in [-0.25, -0.2) is 27.6 Å². The van der Waals surface area contributed by atoms with Crippen LogP contribution in [0.2, 0.25) is 0 Å². The molecule has 0 aliphatic rings. The first-order valence-electron chi connectivity index (χ1n) is 4.16. The van der Waals surface area contributed by atoms with Crippen LogP contribution in [0.5, 0.6) is 0 Å². The van der Waals surface area contributed by atoms with E-state index in [4.69, 9.17) is 5.14 Å². The van der Waals surface area contributed by atoms with Crippen LogP contribution in [0.4, 0.5) is 4.39 Å². The minimum absolute atomic E-state index is 0.363. The normalized spacial score (nSPS) is 11.6. The highest BCUT2D eigenvalue weighted by molar-refractivity contribution is 7.89. The second-order valence-electron chi connectivity index (χ2n) is 3.00. The molecular weight excluding hydrogens is 235 g/mol. The lowest BCUT2D eigenvalue weighted by molar-refractivity contribution is 0.567. The molecule has 0 aliphatic carbocycles. The van der Waals surface area contributed by atoms with Crippen molar-refractivity contribution in [1.82, 2.24) is 14.8 Å². The maximum absolute atomic E-state index is 13.4. The van der Waals surface area contributed by atoms with Crippen molar-refractivity contribution in [3.05, 3.63) is 36.7 Å². The predicted molar refractivity (Wildman–Crippen MR) is 52.7 cm³/mol. The van der Waals surface area contributed by atoms with Gasteiger partial charge >= 0.3 is 0 Å². The number of halogens is 1. The Morgan fingerprint density at radius 1 is 1.38 bits per heavy atom. The predicted octanol–water partition coefficient (Wildman–Crippen LogP) is 0.0538. The Kier molecular flexibility index (Phi) is 2.44. The standard InChI is InChI=1S/C8H7FN4O2S/c9-7-3-6(13-5-11-4-12-13)1-2-8(7)16(10,14)15/h1-5H,(H2,10,14,15). The van der Waals surface area contributed by atoms with Gasteiger partial charge < -0.3 is 0 Å². The Morgan fingerprint density at radius 3 is 2.62 bits per heavy atom. The molecule has 0 spiro atoms. The molecule has 1 aromatic heterocycles. The van der Waals surface area contributed by atoms with Crippen molar-refractivity contribution in [1.29, 1.82) is 0 Å². The van der Waals surface area contributed by atoms with Gasteiger partial charge in [0, 0.05) is 6.07 Å². The summed E-state index contributed by atoms with van der Waals surface area (Å²) >= 11 is 0. The Bertz CT molecular complexity index is 609. The lowest BCUT2D eigenvalue weighted by atomic mass is 10.3. The molecule has 8 heteroatoms. The molecule has 0 saturated carbocycles. The van der Waals surface area contributed by atoms with Crippen molar-refractivity contribution < 1.29 is 12.8 Å². The summed E-state index contributed by atoms with van der Waals surface area (Å²) in [4.78, 5) is 3.14. The molecule has 1 heterocycles. The zero-order valence-corrected chi connectivity index (χ0v) is 8.72. The van der Waals surface area contributed by atoms with Crippen LogP contribution in [0, 0.1) is 5.82 Å². The summed E-state index contributed by atoms with van der Waals surface area (Å²) in [6.07, 6.45) is 2.65. The van der Waals surface area contributed by atoms with E-state index in [9.17, 15) is 12.8 Å². The fraction of sp³-hybridized carbons (Fsp3) is 0.